The number of aryl methyl sites for hydroxylation is 1. The third-order valence-corrected chi connectivity index (χ3v) is 7.47. The van der Waals surface area contributed by atoms with Gasteiger partial charge < -0.3 is 9.63 Å². The second-order valence-electron chi connectivity index (χ2n) is 7.43. The molecule has 2 aromatic rings. The summed E-state index contributed by atoms with van der Waals surface area (Å²) in [6.07, 6.45) is 0. The molecular formula is C21H26NO4PS. The minimum Gasteiger partial charge on any atom is -0.477 e. The van der Waals surface area contributed by atoms with Crippen LogP contribution in [0, 0.1) is 24.2 Å². The lowest BCUT2D eigenvalue weighted by atomic mass is 9.98. The zero-order valence-corrected chi connectivity index (χ0v) is 18.8. The standard InChI is InChI=1S/C21H26NO4PS/c1-7-26-27(25,16-10-8-15(2)9-11-16)22(6)18-14-17(12-13-21(3,4)5)28-19(18)20(23)24/h8-11,14H,7H2,1-6H3,(H,23,24). The van der Waals surface area contributed by atoms with Crippen LogP contribution in [0.25, 0.3) is 0 Å². The summed E-state index contributed by atoms with van der Waals surface area (Å²) in [6, 6.07) is 8.92. The van der Waals surface area contributed by atoms with Crippen molar-refractivity contribution in [1.82, 2.24) is 0 Å². The zero-order chi connectivity index (χ0) is 21.1. The van der Waals surface area contributed by atoms with E-state index in [0.717, 1.165) is 16.9 Å². The molecule has 7 heteroatoms. The number of benzene rings is 1. The summed E-state index contributed by atoms with van der Waals surface area (Å²) in [5.41, 5.74) is 1.17. The molecule has 1 unspecified atom stereocenters. The Kier molecular flexibility index (Phi) is 6.77. The van der Waals surface area contributed by atoms with Gasteiger partial charge in [0, 0.05) is 12.5 Å². The number of nitrogens with zero attached hydrogens (tertiary/aromatic N) is 1. The van der Waals surface area contributed by atoms with Crippen molar-refractivity contribution >= 4 is 35.8 Å². The van der Waals surface area contributed by atoms with Gasteiger partial charge in [-0.15, -0.1) is 11.3 Å². The van der Waals surface area contributed by atoms with Crippen molar-refractivity contribution < 1.29 is 19.0 Å². The van der Waals surface area contributed by atoms with Gasteiger partial charge in [-0.2, -0.15) is 0 Å². The van der Waals surface area contributed by atoms with Gasteiger partial charge in [-0.25, -0.2) is 4.79 Å². The molecule has 0 aliphatic carbocycles. The molecule has 0 saturated carbocycles. The van der Waals surface area contributed by atoms with E-state index in [9.17, 15) is 14.5 Å². The molecule has 5 nitrogen and oxygen atoms in total. The third-order valence-electron chi connectivity index (χ3n) is 3.88. The lowest BCUT2D eigenvalue weighted by Crippen LogP contribution is -2.24. The van der Waals surface area contributed by atoms with Crippen molar-refractivity contribution in [1.29, 1.82) is 0 Å². The number of anilines is 1. The van der Waals surface area contributed by atoms with Gasteiger partial charge in [-0.1, -0.05) is 29.5 Å². The molecule has 0 saturated heterocycles. The molecule has 2 rings (SSSR count). The van der Waals surface area contributed by atoms with Crippen LogP contribution >= 0.6 is 18.9 Å². The van der Waals surface area contributed by atoms with Gasteiger partial charge in [0.2, 0.25) is 0 Å². The lowest BCUT2D eigenvalue weighted by Gasteiger charge is -2.29. The van der Waals surface area contributed by atoms with Crippen LogP contribution < -0.4 is 9.97 Å². The molecule has 0 aliphatic rings. The highest BCUT2D eigenvalue weighted by molar-refractivity contribution is 7.68. The fourth-order valence-electron chi connectivity index (χ4n) is 2.47. The molecule has 1 aromatic heterocycles. The summed E-state index contributed by atoms with van der Waals surface area (Å²) in [6.45, 7) is 9.90. The molecule has 150 valence electrons. The number of thiophene rings is 1. The Morgan fingerprint density at radius 3 is 2.39 bits per heavy atom. The monoisotopic (exact) mass is 419 g/mol. The first-order valence-corrected chi connectivity index (χ1v) is 11.3. The number of aromatic carboxylic acids is 1. The summed E-state index contributed by atoms with van der Waals surface area (Å²) in [7, 11) is -1.88. The number of carboxylic acids is 1. The lowest BCUT2D eigenvalue weighted by molar-refractivity contribution is 0.0703. The summed E-state index contributed by atoms with van der Waals surface area (Å²) < 4.78 is 20.9. The van der Waals surface area contributed by atoms with Gasteiger partial charge in [0.05, 0.1) is 22.5 Å². The smallest absolute Gasteiger partial charge is 0.348 e. The molecule has 0 spiro atoms. The highest BCUT2D eigenvalue weighted by atomic mass is 32.1. The molecule has 0 amide bonds. The fourth-order valence-corrected chi connectivity index (χ4v) is 5.40. The molecule has 28 heavy (non-hydrogen) atoms. The van der Waals surface area contributed by atoms with Crippen LogP contribution in [0.2, 0.25) is 0 Å². The summed E-state index contributed by atoms with van der Waals surface area (Å²) in [5.74, 6) is 5.06. The Labute approximate surface area is 170 Å². The van der Waals surface area contributed by atoms with Gasteiger partial charge in [-0.05, 0) is 52.8 Å². The predicted octanol–water partition coefficient (Wildman–Crippen LogP) is 5.14. The molecule has 0 aliphatic heterocycles. The quantitative estimate of drug-likeness (QED) is 0.519. The first-order chi connectivity index (χ1) is 13.0. The molecular weight excluding hydrogens is 393 g/mol. The molecule has 0 fully saturated rings. The predicted molar refractivity (Wildman–Crippen MR) is 116 cm³/mol. The maximum Gasteiger partial charge on any atom is 0.348 e. The number of rotatable bonds is 6. The van der Waals surface area contributed by atoms with Crippen LogP contribution in [0.5, 0.6) is 0 Å². The number of carboxylic acid groups (broad SMARTS) is 1. The van der Waals surface area contributed by atoms with Crippen molar-refractivity contribution in [2.24, 2.45) is 5.41 Å². The van der Waals surface area contributed by atoms with Crippen LogP contribution in [0.3, 0.4) is 0 Å². The van der Waals surface area contributed by atoms with Crippen LogP contribution in [0.15, 0.2) is 30.3 Å². The van der Waals surface area contributed by atoms with E-state index in [1.165, 1.54) is 4.67 Å². The Balaban J connectivity index is 2.57. The SMILES string of the molecule is CCOP(=O)(c1ccc(C)cc1)N(C)c1cc(C#CC(C)(C)C)sc1C(=O)O. The highest BCUT2D eigenvalue weighted by Crippen LogP contribution is 2.52. The summed E-state index contributed by atoms with van der Waals surface area (Å²) >= 11 is 1.08. The van der Waals surface area contributed by atoms with E-state index in [2.05, 4.69) is 11.8 Å². The van der Waals surface area contributed by atoms with E-state index in [1.54, 1.807) is 32.2 Å². The third kappa shape index (κ3) is 5.05. The molecule has 0 radical (unpaired) electrons. The van der Waals surface area contributed by atoms with Crippen molar-refractivity contribution in [3.63, 3.8) is 0 Å². The highest BCUT2D eigenvalue weighted by Gasteiger charge is 2.34. The second-order valence-corrected chi connectivity index (χ2v) is 10.9. The van der Waals surface area contributed by atoms with Crippen molar-refractivity contribution in [3.8, 4) is 11.8 Å². The van der Waals surface area contributed by atoms with Crippen LogP contribution in [0.4, 0.5) is 5.69 Å². The normalized spacial score (nSPS) is 13.4. The van der Waals surface area contributed by atoms with Crippen molar-refractivity contribution in [2.45, 2.75) is 34.6 Å². The van der Waals surface area contributed by atoms with Crippen LogP contribution in [-0.2, 0) is 9.09 Å². The number of hydrogen-bond donors (Lipinski definition) is 1. The van der Waals surface area contributed by atoms with Crippen LogP contribution in [-0.4, -0.2) is 24.7 Å². The van der Waals surface area contributed by atoms with Gasteiger partial charge in [-0.3, -0.25) is 9.24 Å². The van der Waals surface area contributed by atoms with Gasteiger partial charge in [0.15, 0.2) is 0 Å². The van der Waals surface area contributed by atoms with Crippen molar-refractivity contribution in [2.75, 3.05) is 18.3 Å². The van der Waals surface area contributed by atoms with E-state index in [1.807, 2.05) is 39.8 Å². The van der Waals surface area contributed by atoms with Crippen LogP contribution in [0.1, 0.15) is 47.8 Å². The Hall–Kier alpha value is -2.06. The first-order valence-electron chi connectivity index (χ1n) is 8.94. The van der Waals surface area contributed by atoms with Gasteiger partial charge >= 0.3 is 13.5 Å². The molecule has 0 bridgehead atoms. The molecule has 1 heterocycles. The van der Waals surface area contributed by atoms with E-state index < -0.39 is 13.5 Å². The first kappa shape index (κ1) is 22.2. The van der Waals surface area contributed by atoms with Gasteiger partial charge in [0.25, 0.3) is 0 Å². The Morgan fingerprint density at radius 2 is 1.89 bits per heavy atom. The Bertz CT molecular complexity index is 961. The minimum absolute atomic E-state index is 0.0905. The molecule has 1 aromatic carbocycles. The fraction of sp³-hybridized carbons (Fsp3) is 0.381. The van der Waals surface area contributed by atoms with E-state index in [0.29, 0.717) is 15.9 Å². The largest absolute Gasteiger partial charge is 0.477 e. The maximum absolute atomic E-state index is 13.8. The summed E-state index contributed by atoms with van der Waals surface area (Å²) in [4.78, 5) is 12.5. The number of hydrogen-bond acceptors (Lipinski definition) is 4. The minimum atomic E-state index is -3.48. The summed E-state index contributed by atoms with van der Waals surface area (Å²) in [5, 5.41) is 10.2. The topological polar surface area (TPSA) is 66.8 Å². The second kappa shape index (κ2) is 8.53. The average molecular weight is 419 g/mol. The van der Waals surface area contributed by atoms with E-state index >= 15 is 0 Å². The van der Waals surface area contributed by atoms with E-state index in [-0.39, 0.29) is 16.9 Å². The van der Waals surface area contributed by atoms with Crippen molar-refractivity contribution in [3.05, 3.63) is 45.6 Å². The van der Waals surface area contributed by atoms with Gasteiger partial charge in [0.1, 0.15) is 4.88 Å². The number of carbonyl (C=O) groups is 1. The average Bonchev–Trinajstić information content (AvgIpc) is 3.04. The molecule has 1 atom stereocenters. The molecule has 1 N–H and O–H groups in total. The zero-order valence-electron chi connectivity index (χ0n) is 17.1. The van der Waals surface area contributed by atoms with E-state index in [4.69, 9.17) is 4.52 Å². The maximum atomic E-state index is 13.8. The Morgan fingerprint density at radius 1 is 1.29 bits per heavy atom.